The van der Waals surface area contributed by atoms with Crippen molar-refractivity contribution in [1.82, 2.24) is 0 Å². The van der Waals surface area contributed by atoms with Crippen LogP contribution in [0.4, 0.5) is 0 Å². The van der Waals surface area contributed by atoms with Gasteiger partial charge in [0.1, 0.15) is 0 Å². The Balaban J connectivity index is 2.11. The van der Waals surface area contributed by atoms with Gasteiger partial charge in [0.25, 0.3) is 0 Å². The highest BCUT2D eigenvalue weighted by Gasteiger charge is 2.38. The lowest BCUT2D eigenvalue weighted by Crippen LogP contribution is -2.05. The molecule has 1 atom stereocenters. The Kier molecular flexibility index (Phi) is 5.84. The fraction of sp³-hybridized carbons (Fsp3) is 0.545. The van der Waals surface area contributed by atoms with Crippen LogP contribution >= 0.6 is 12.6 Å². The second-order valence-electron chi connectivity index (χ2n) is 7.55. The van der Waals surface area contributed by atoms with Gasteiger partial charge in [-0.2, -0.15) is 12.6 Å². The predicted octanol–water partition coefficient (Wildman–Crippen LogP) is 6.70. The molecule has 1 aliphatic rings. The average Bonchev–Trinajstić information content (AvgIpc) is 3.23. The minimum absolute atomic E-state index is 0.330. The SMILES string of the molecule is C=C(CC)CC(C)C(=C)c1cc(C)c(CCC2(S)CC2)c(C)c1. The van der Waals surface area contributed by atoms with Crippen LogP contribution < -0.4 is 0 Å². The Hall–Kier alpha value is -0.950. The molecule has 1 heteroatoms. The van der Waals surface area contributed by atoms with E-state index in [0.29, 0.717) is 10.7 Å². The second-order valence-corrected chi connectivity index (χ2v) is 8.50. The van der Waals surface area contributed by atoms with Crippen LogP contribution in [-0.2, 0) is 6.42 Å². The molecule has 0 spiro atoms. The van der Waals surface area contributed by atoms with Gasteiger partial charge < -0.3 is 0 Å². The van der Waals surface area contributed by atoms with E-state index in [1.165, 1.54) is 52.7 Å². The summed E-state index contributed by atoms with van der Waals surface area (Å²) < 4.78 is 0.330. The fourth-order valence-corrected chi connectivity index (χ4v) is 3.53. The lowest BCUT2D eigenvalue weighted by molar-refractivity contribution is 0.720. The number of hydrogen-bond donors (Lipinski definition) is 1. The summed E-state index contributed by atoms with van der Waals surface area (Å²) in [7, 11) is 0. The van der Waals surface area contributed by atoms with Crippen molar-refractivity contribution in [3.05, 3.63) is 53.1 Å². The van der Waals surface area contributed by atoms with E-state index in [2.05, 4.69) is 53.0 Å². The Morgan fingerprint density at radius 3 is 2.26 bits per heavy atom. The Morgan fingerprint density at radius 1 is 1.22 bits per heavy atom. The van der Waals surface area contributed by atoms with Crippen molar-refractivity contribution < 1.29 is 0 Å². The Bertz CT molecular complexity index is 581. The molecule has 1 saturated carbocycles. The summed E-state index contributed by atoms with van der Waals surface area (Å²) in [6.07, 6.45) is 7.00. The van der Waals surface area contributed by atoms with Gasteiger partial charge in [0.05, 0.1) is 0 Å². The van der Waals surface area contributed by atoms with E-state index in [1.807, 2.05) is 0 Å². The van der Waals surface area contributed by atoms with Gasteiger partial charge in [-0.3, -0.25) is 0 Å². The lowest BCUT2D eigenvalue weighted by Gasteiger charge is -2.19. The quantitative estimate of drug-likeness (QED) is 0.398. The number of benzene rings is 1. The van der Waals surface area contributed by atoms with Crippen LogP contribution in [0.25, 0.3) is 5.57 Å². The van der Waals surface area contributed by atoms with Crippen molar-refractivity contribution in [2.45, 2.75) is 71.0 Å². The minimum Gasteiger partial charge on any atom is -0.172 e. The normalized spacial score (nSPS) is 16.9. The summed E-state index contributed by atoms with van der Waals surface area (Å²) in [5, 5.41) is 0. The zero-order valence-electron chi connectivity index (χ0n) is 15.3. The molecule has 0 bridgehead atoms. The number of allylic oxidation sites excluding steroid dienone is 2. The molecule has 0 radical (unpaired) electrons. The number of rotatable bonds is 8. The fourth-order valence-electron chi connectivity index (χ4n) is 3.31. The molecule has 126 valence electrons. The first-order chi connectivity index (χ1) is 10.8. The third-order valence-corrected chi connectivity index (χ3v) is 6.09. The smallest absolute Gasteiger partial charge is 0.0134 e. The number of hydrogen-bond acceptors (Lipinski definition) is 1. The highest BCUT2D eigenvalue weighted by molar-refractivity contribution is 7.82. The monoisotopic (exact) mass is 328 g/mol. The highest BCUT2D eigenvalue weighted by Crippen LogP contribution is 2.46. The van der Waals surface area contributed by atoms with Crippen molar-refractivity contribution in [1.29, 1.82) is 0 Å². The van der Waals surface area contributed by atoms with Crippen molar-refractivity contribution in [2.75, 3.05) is 0 Å². The third-order valence-electron chi connectivity index (χ3n) is 5.42. The van der Waals surface area contributed by atoms with Gasteiger partial charge in [0.15, 0.2) is 0 Å². The standard InChI is InChI=1S/C22H32S/c1-7-15(2)12-16(3)19(6)20-13-17(4)21(18(5)14-20)8-9-22(23)10-11-22/h13-14,16,23H,2,6-12H2,1,3-5H3. The highest BCUT2D eigenvalue weighted by atomic mass is 32.1. The molecular formula is C22H32S. The van der Waals surface area contributed by atoms with Crippen molar-refractivity contribution >= 4 is 18.2 Å². The van der Waals surface area contributed by atoms with E-state index in [4.69, 9.17) is 12.6 Å². The molecule has 0 aromatic heterocycles. The lowest BCUT2D eigenvalue weighted by atomic mass is 9.86. The summed E-state index contributed by atoms with van der Waals surface area (Å²) in [5.74, 6) is 0.458. The maximum absolute atomic E-state index is 4.76. The van der Waals surface area contributed by atoms with Crippen LogP contribution in [0.15, 0.2) is 30.9 Å². The largest absolute Gasteiger partial charge is 0.172 e. The summed E-state index contributed by atoms with van der Waals surface area (Å²) >= 11 is 4.76. The van der Waals surface area contributed by atoms with Gasteiger partial charge >= 0.3 is 0 Å². The molecule has 23 heavy (non-hydrogen) atoms. The first-order valence-electron chi connectivity index (χ1n) is 8.94. The average molecular weight is 329 g/mol. The topological polar surface area (TPSA) is 0 Å². The number of aryl methyl sites for hydroxylation is 2. The van der Waals surface area contributed by atoms with E-state index >= 15 is 0 Å². The molecular weight excluding hydrogens is 296 g/mol. The molecule has 2 rings (SSSR count). The van der Waals surface area contributed by atoms with Crippen LogP contribution in [0.5, 0.6) is 0 Å². The van der Waals surface area contributed by atoms with Gasteiger partial charge in [-0.1, -0.05) is 44.7 Å². The third kappa shape index (κ3) is 4.76. The maximum atomic E-state index is 4.76. The van der Waals surface area contributed by atoms with Crippen LogP contribution in [-0.4, -0.2) is 4.75 Å². The number of thiol groups is 1. The van der Waals surface area contributed by atoms with Crippen LogP contribution in [0.1, 0.15) is 68.2 Å². The van der Waals surface area contributed by atoms with Gasteiger partial charge in [-0.05, 0) is 86.1 Å². The second kappa shape index (κ2) is 7.30. The van der Waals surface area contributed by atoms with E-state index in [1.54, 1.807) is 0 Å². The van der Waals surface area contributed by atoms with Crippen molar-refractivity contribution in [2.24, 2.45) is 5.92 Å². The molecule has 1 aromatic rings. The van der Waals surface area contributed by atoms with Crippen LogP contribution in [0.3, 0.4) is 0 Å². The summed E-state index contributed by atoms with van der Waals surface area (Å²) in [6, 6.07) is 4.65. The molecule has 1 fully saturated rings. The van der Waals surface area contributed by atoms with Gasteiger partial charge in [0, 0.05) is 4.75 Å². The van der Waals surface area contributed by atoms with Gasteiger partial charge in [-0.15, -0.1) is 0 Å². The zero-order chi connectivity index (χ0) is 17.2. The first-order valence-corrected chi connectivity index (χ1v) is 9.39. The molecule has 0 N–H and O–H groups in total. The summed E-state index contributed by atoms with van der Waals surface area (Å²) in [6.45, 7) is 17.4. The van der Waals surface area contributed by atoms with E-state index in [-0.39, 0.29) is 0 Å². The Labute approximate surface area is 148 Å². The first kappa shape index (κ1) is 18.4. The molecule has 1 unspecified atom stereocenters. The van der Waals surface area contributed by atoms with Crippen molar-refractivity contribution in [3.8, 4) is 0 Å². The molecule has 0 amide bonds. The summed E-state index contributed by atoms with van der Waals surface area (Å²) in [5.41, 5.74) is 8.16. The molecule has 0 nitrogen and oxygen atoms in total. The van der Waals surface area contributed by atoms with Gasteiger partial charge in [-0.25, -0.2) is 0 Å². The minimum atomic E-state index is 0.330. The summed E-state index contributed by atoms with van der Waals surface area (Å²) in [4.78, 5) is 0. The van der Waals surface area contributed by atoms with E-state index < -0.39 is 0 Å². The van der Waals surface area contributed by atoms with E-state index in [0.717, 1.165) is 19.3 Å². The van der Waals surface area contributed by atoms with E-state index in [9.17, 15) is 0 Å². The maximum Gasteiger partial charge on any atom is 0.0134 e. The molecule has 1 aliphatic carbocycles. The molecule has 1 aromatic carbocycles. The molecule has 0 saturated heterocycles. The molecule has 0 heterocycles. The predicted molar refractivity (Wildman–Crippen MR) is 107 cm³/mol. The van der Waals surface area contributed by atoms with Crippen LogP contribution in [0.2, 0.25) is 0 Å². The van der Waals surface area contributed by atoms with Gasteiger partial charge in [0.2, 0.25) is 0 Å². The Morgan fingerprint density at radius 2 is 1.78 bits per heavy atom. The zero-order valence-corrected chi connectivity index (χ0v) is 16.2. The van der Waals surface area contributed by atoms with Crippen LogP contribution in [0, 0.1) is 19.8 Å². The van der Waals surface area contributed by atoms with Crippen molar-refractivity contribution in [3.63, 3.8) is 0 Å². The molecule has 0 aliphatic heterocycles.